The fourth-order valence-corrected chi connectivity index (χ4v) is 1.97. The highest BCUT2D eigenvalue weighted by Crippen LogP contribution is 2.34. The lowest BCUT2D eigenvalue weighted by molar-refractivity contribution is 0.475. The van der Waals surface area contributed by atoms with E-state index in [1.807, 2.05) is 0 Å². The third kappa shape index (κ3) is 2.28. The summed E-state index contributed by atoms with van der Waals surface area (Å²) in [5.41, 5.74) is 0.0883. The van der Waals surface area contributed by atoms with Crippen molar-refractivity contribution in [2.75, 3.05) is 0 Å². The monoisotopic (exact) mass is 318 g/mol. The van der Waals surface area contributed by atoms with E-state index >= 15 is 0 Å². The van der Waals surface area contributed by atoms with Gasteiger partial charge in [0.15, 0.2) is 0 Å². The Kier molecular flexibility index (Phi) is 3.35. The zero-order chi connectivity index (χ0) is 12.6. The summed E-state index contributed by atoms with van der Waals surface area (Å²) >= 11 is 8.69. The molecule has 1 N–H and O–H groups in total. The standard InChI is InChI=1S/C12H6BrClF2O/c13-7-2-3-9(15)11(12(7)16)6-1-4-10(17)8(14)5-6/h1-5,17H. The van der Waals surface area contributed by atoms with E-state index in [2.05, 4.69) is 15.9 Å². The van der Waals surface area contributed by atoms with E-state index < -0.39 is 11.6 Å². The average Bonchev–Trinajstić information content (AvgIpc) is 2.29. The SMILES string of the molecule is Oc1ccc(-c2c(F)ccc(Br)c2F)cc1Cl. The number of halogens is 4. The maximum atomic E-state index is 13.8. The fourth-order valence-electron chi connectivity index (χ4n) is 1.45. The molecule has 88 valence electrons. The number of aromatic hydroxyl groups is 1. The van der Waals surface area contributed by atoms with Gasteiger partial charge in [-0.15, -0.1) is 0 Å². The van der Waals surface area contributed by atoms with Gasteiger partial charge in [-0.3, -0.25) is 0 Å². The first-order valence-electron chi connectivity index (χ1n) is 4.63. The Balaban J connectivity index is 2.68. The van der Waals surface area contributed by atoms with Crippen molar-refractivity contribution in [3.8, 4) is 16.9 Å². The van der Waals surface area contributed by atoms with Gasteiger partial charge in [0.05, 0.1) is 15.1 Å². The zero-order valence-corrected chi connectivity index (χ0v) is 10.7. The van der Waals surface area contributed by atoms with Crippen LogP contribution < -0.4 is 0 Å². The van der Waals surface area contributed by atoms with Crippen LogP contribution in [0.15, 0.2) is 34.8 Å². The molecule has 0 radical (unpaired) electrons. The molecule has 0 aromatic heterocycles. The van der Waals surface area contributed by atoms with E-state index in [0.717, 1.165) is 6.07 Å². The summed E-state index contributed by atoms with van der Waals surface area (Å²) in [5, 5.41) is 9.30. The van der Waals surface area contributed by atoms with E-state index in [-0.39, 0.29) is 26.4 Å². The summed E-state index contributed by atoms with van der Waals surface area (Å²) in [4.78, 5) is 0. The van der Waals surface area contributed by atoms with Crippen LogP contribution in [0.3, 0.4) is 0 Å². The fraction of sp³-hybridized carbons (Fsp3) is 0. The number of hydrogen-bond acceptors (Lipinski definition) is 1. The van der Waals surface area contributed by atoms with Crippen molar-refractivity contribution < 1.29 is 13.9 Å². The summed E-state index contributed by atoms with van der Waals surface area (Å²) in [5.74, 6) is -1.52. The van der Waals surface area contributed by atoms with Crippen LogP contribution in [0.1, 0.15) is 0 Å². The van der Waals surface area contributed by atoms with E-state index in [9.17, 15) is 13.9 Å². The van der Waals surface area contributed by atoms with Crippen molar-refractivity contribution in [2.24, 2.45) is 0 Å². The number of hydrogen-bond donors (Lipinski definition) is 1. The summed E-state index contributed by atoms with van der Waals surface area (Å²) in [7, 11) is 0. The van der Waals surface area contributed by atoms with Crippen LogP contribution in [0, 0.1) is 11.6 Å². The Labute approximate surface area is 110 Å². The van der Waals surface area contributed by atoms with E-state index in [1.54, 1.807) is 0 Å². The van der Waals surface area contributed by atoms with E-state index in [1.165, 1.54) is 24.3 Å². The van der Waals surface area contributed by atoms with Gasteiger partial charge < -0.3 is 5.11 Å². The average molecular weight is 320 g/mol. The highest BCUT2D eigenvalue weighted by molar-refractivity contribution is 9.10. The Bertz CT molecular complexity index is 587. The minimum Gasteiger partial charge on any atom is -0.506 e. The van der Waals surface area contributed by atoms with Gasteiger partial charge in [-0.05, 0) is 45.8 Å². The lowest BCUT2D eigenvalue weighted by Crippen LogP contribution is -1.91. The maximum absolute atomic E-state index is 13.8. The van der Waals surface area contributed by atoms with Crippen molar-refractivity contribution in [1.29, 1.82) is 0 Å². The minimum absolute atomic E-state index is 0.0428. The third-order valence-corrected chi connectivity index (χ3v) is 3.20. The summed E-state index contributed by atoms with van der Waals surface area (Å²) in [6, 6.07) is 6.44. The van der Waals surface area contributed by atoms with E-state index in [0.29, 0.717) is 0 Å². The molecular formula is C12H6BrClF2O. The van der Waals surface area contributed by atoms with Crippen LogP contribution >= 0.6 is 27.5 Å². The summed E-state index contributed by atoms with van der Waals surface area (Å²) in [6.07, 6.45) is 0. The Morgan fingerprint density at radius 3 is 2.47 bits per heavy atom. The van der Waals surface area contributed by atoms with Crippen LogP contribution in [0.2, 0.25) is 5.02 Å². The Hall–Kier alpha value is -1.13. The van der Waals surface area contributed by atoms with Gasteiger partial charge in [0.25, 0.3) is 0 Å². The molecule has 0 spiro atoms. The van der Waals surface area contributed by atoms with Gasteiger partial charge >= 0.3 is 0 Å². The number of benzene rings is 2. The lowest BCUT2D eigenvalue weighted by atomic mass is 10.0. The number of phenolic OH excluding ortho intramolecular Hbond substituents is 1. The minimum atomic E-state index is -0.702. The first-order valence-corrected chi connectivity index (χ1v) is 5.80. The normalized spacial score (nSPS) is 10.6. The highest BCUT2D eigenvalue weighted by atomic mass is 79.9. The second kappa shape index (κ2) is 4.63. The van der Waals surface area contributed by atoms with Crippen molar-refractivity contribution in [1.82, 2.24) is 0 Å². The lowest BCUT2D eigenvalue weighted by Gasteiger charge is -2.07. The molecule has 0 atom stereocenters. The van der Waals surface area contributed by atoms with Crippen LogP contribution in [-0.4, -0.2) is 5.11 Å². The molecule has 0 saturated carbocycles. The van der Waals surface area contributed by atoms with Crippen LogP contribution in [0.4, 0.5) is 8.78 Å². The van der Waals surface area contributed by atoms with Crippen LogP contribution in [-0.2, 0) is 0 Å². The van der Waals surface area contributed by atoms with Crippen molar-refractivity contribution >= 4 is 27.5 Å². The third-order valence-electron chi connectivity index (χ3n) is 2.28. The topological polar surface area (TPSA) is 20.2 Å². The quantitative estimate of drug-likeness (QED) is 0.752. The van der Waals surface area contributed by atoms with Gasteiger partial charge in [-0.1, -0.05) is 17.7 Å². The molecule has 0 aliphatic rings. The van der Waals surface area contributed by atoms with Gasteiger partial charge in [-0.25, -0.2) is 8.78 Å². The van der Waals surface area contributed by atoms with Crippen molar-refractivity contribution in [3.05, 3.63) is 51.5 Å². The van der Waals surface area contributed by atoms with Crippen LogP contribution in [0.25, 0.3) is 11.1 Å². The van der Waals surface area contributed by atoms with Crippen molar-refractivity contribution in [3.63, 3.8) is 0 Å². The second-order valence-corrected chi connectivity index (χ2v) is 4.65. The van der Waals surface area contributed by atoms with Gasteiger partial charge in [-0.2, -0.15) is 0 Å². The molecule has 0 aliphatic carbocycles. The molecule has 2 aromatic carbocycles. The zero-order valence-electron chi connectivity index (χ0n) is 8.35. The molecule has 0 heterocycles. The summed E-state index contributed by atoms with van der Waals surface area (Å²) < 4.78 is 27.5. The predicted molar refractivity (Wildman–Crippen MR) is 66.2 cm³/mol. The molecule has 0 saturated heterocycles. The summed E-state index contributed by atoms with van der Waals surface area (Å²) in [6.45, 7) is 0. The highest BCUT2D eigenvalue weighted by Gasteiger charge is 2.15. The molecule has 0 amide bonds. The molecule has 17 heavy (non-hydrogen) atoms. The molecule has 2 rings (SSSR count). The number of rotatable bonds is 1. The molecule has 0 aliphatic heterocycles. The molecule has 0 bridgehead atoms. The maximum Gasteiger partial charge on any atom is 0.148 e. The molecule has 0 unspecified atom stereocenters. The number of phenols is 1. The van der Waals surface area contributed by atoms with Crippen LogP contribution in [0.5, 0.6) is 5.75 Å². The first-order chi connectivity index (χ1) is 8.00. The largest absolute Gasteiger partial charge is 0.506 e. The second-order valence-electron chi connectivity index (χ2n) is 3.38. The molecule has 1 nitrogen and oxygen atoms in total. The molecular weight excluding hydrogens is 313 g/mol. The van der Waals surface area contributed by atoms with Gasteiger partial charge in [0.2, 0.25) is 0 Å². The van der Waals surface area contributed by atoms with Gasteiger partial charge in [0, 0.05) is 0 Å². The Morgan fingerprint density at radius 1 is 1.12 bits per heavy atom. The molecule has 2 aromatic rings. The van der Waals surface area contributed by atoms with Crippen molar-refractivity contribution in [2.45, 2.75) is 0 Å². The van der Waals surface area contributed by atoms with Gasteiger partial charge in [0.1, 0.15) is 17.4 Å². The van der Waals surface area contributed by atoms with E-state index in [4.69, 9.17) is 11.6 Å². The molecule has 5 heteroatoms. The Morgan fingerprint density at radius 2 is 1.82 bits per heavy atom. The smallest absolute Gasteiger partial charge is 0.148 e. The first kappa shape index (κ1) is 12.3. The predicted octanol–water partition coefficient (Wildman–Crippen LogP) is 4.75. The molecule has 0 fully saturated rings.